The number of hydrogen-bond acceptors (Lipinski definition) is 7. The van der Waals surface area contributed by atoms with E-state index in [0.717, 1.165) is 22.5 Å². The Hall–Kier alpha value is -2.91. The highest BCUT2D eigenvalue weighted by Gasteiger charge is 2.55. The first-order valence-corrected chi connectivity index (χ1v) is 10.5. The van der Waals surface area contributed by atoms with Crippen molar-refractivity contribution in [3.63, 3.8) is 0 Å². The fourth-order valence-electron chi connectivity index (χ4n) is 4.41. The first-order valence-electron chi connectivity index (χ1n) is 10.5. The van der Waals surface area contributed by atoms with Gasteiger partial charge in [-0.3, -0.25) is 14.6 Å². The quantitative estimate of drug-likeness (QED) is 0.661. The van der Waals surface area contributed by atoms with Crippen molar-refractivity contribution in [1.82, 2.24) is 19.6 Å². The van der Waals surface area contributed by atoms with E-state index in [1.54, 1.807) is 11.9 Å². The van der Waals surface area contributed by atoms with Crippen LogP contribution < -0.4 is 0 Å². The van der Waals surface area contributed by atoms with Gasteiger partial charge in [0.2, 0.25) is 5.96 Å². The number of aliphatic hydroxyl groups excluding tert-OH is 1. The number of aryl methyl sites for hydroxylation is 1. The highest BCUT2D eigenvalue weighted by molar-refractivity contribution is 6.05. The van der Waals surface area contributed by atoms with Crippen molar-refractivity contribution in [2.24, 2.45) is 4.99 Å². The third-order valence-corrected chi connectivity index (χ3v) is 6.12. The van der Waals surface area contributed by atoms with Crippen molar-refractivity contribution in [2.75, 3.05) is 33.4 Å². The van der Waals surface area contributed by atoms with Crippen LogP contribution in [0.15, 0.2) is 40.7 Å². The van der Waals surface area contributed by atoms with E-state index in [2.05, 4.69) is 0 Å². The molecule has 2 unspecified atom stereocenters. The minimum atomic E-state index is -0.583. The highest BCUT2D eigenvalue weighted by atomic mass is 16.5. The predicted molar refractivity (Wildman–Crippen MR) is 115 cm³/mol. The molecule has 166 valence electrons. The van der Waals surface area contributed by atoms with Gasteiger partial charge in [-0.15, -0.1) is 0 Å². The molecule has 1 aromatic carbocycles. The van der Waals surface area contributed by atoms with Gasteiger partial charge in [-0.2, -0.15) is 0 Å². The van der Waals surface area contributed by atoms with Gasteiger partial charge in [0, 0.05) is 25.0 Å². The van der Waals surface area contributed by atoms with Crippen LogP contribution in [0.1, 0.15) is 25.0 Å². The number of imide groups is 1. The van der Waals surface area contributed by atoms with Crippen LogP contribution in [0.5, 0.6) is 0 Å². The SMILES string of the molecule is CC1=C(C)N2C(=NC3C2C(=O)N(Cc2cccc(C)c2)C(=O)N3C)N1CCOCCO. The summed E-state index contributed by atoms with van der Waals surface area (Å²) in [4.78, 5) is 38.2. The molecule has 2 atom stereocenters. The summed E-state index contributed by atoms with van der Waals surface area (Å²) < 4.78 is 5.42. The first-order chi connectivity index (χ1) is 14.8. The van der Waals surface area contributed by atoms with E-state index in [1.807, 2.05) is 54.8 Å². The summed E-state index contributed by atoms with van der Waals surface area (Å²) in [5.41, 5.74) is 3.95. The van der Waals surface area contributed by atoms with Crippen molar-refractivity contribution in [2.45, 2.75) is 39.5 Å². The van der Waals surface area contributed by atoms with Gasteiger partial charge in [0.15, 0.2) is 12.2 Å². The second kappa shape index (κ2) is 8.32. The largest absolute Gasteiger partial charge is 0.394 e. The van der Waals surface area contributed by atoms with E-state index in [1.165, 1.54) is 4.90 Å². The maximum Gasteiger partial charge on any atom is 0.328 e. The Morgan fingerprint density at radius 2 is 1.87 bits per heavy atom. The van der Waals surface area contributed by atoms with E-state index in [9.17, 15) is 9.59 Å². The number of rotatable bonds is 7. The summed E-state index contributed by atoms with van der Waals surface area (Å²) in [6.07, 6.45) is -0.562. The molecule has 1 aromatic rings. The lowest BCUT2D eigenvalue weighted by molar-refractivity contribution is -0.137. The van der Waals surface area contributed by atoms with Gasteiger partial charge < -0.3 is 19.6 Å². The van der Waals surface area contributed by atoms with Crippen LogP contribution in [-0.2, 0) is 16.1 Å². The number of allylic oxidation sites excluding steroid dienone is 2. The van der Waals surface area contributed by atoms with Gasteiger partial charge in [-0.05, 0) is 26.3 Å². The number of carbonyl (C=O) groups is 2. The molecule has 0 aromatic heterocycles. The topological polar surface area (TPSA) is 88.9 Å². The Morgan fingerprint density at radius 3 is 2.58 bits per heavy atom. The highest BCUT2D eigenvalue weighted by Crippen LogP contribution is 2.37. The van der Waals surface area contributed by atoms with Crippen molar-refractivity contribution in [1.29, 1.82) is 0 Å². The second-order valence-electron chi connectivity index (χ2n) is 8.12. The van der Waals surface area contributed by atoms with Gasteiger partial charge in [0.25, 0.3) is 5.91 Å². The molecule has 9 heteroatoms. The third-order valence-electron chi connectivity index (χ3n) is 6.12. The first kappa shape index (κ1) is 21.3. The van der Waals surface area contributed by atoms with E-state index in [0.29, 0.717) is 19.1 Å². The molecular formula is C22H29N5O4. The number of carbonyl (C=O) groups excluding carboxylic acids is 2. The molecule has 9 nitrogen and oxygen atoms in total. The van der Waals surface area contributed by atoms with E-state index < -0.39 is 12.2 Å². The van der Waals surface area contributed by atoms with Crippen LogP contribution in [-0.4, -0.2) is 88.2 Å². The lowest BCUT2D eigenvalue weighted by atomic mass is 10.1. The van der Waals surface area contributed by atoms with Crippen LogP contribution in [0.2, 0.25) is 0 Å². The second-order valence-corrected chi connectivity index (χ2v) is 8.12. The van der Waals surface area contributed by atoms with E-state index in [4.69, 9.17) is 14.8 Å². The number of aliphatic imine (C=N–C) groups is 1. The normalized spacial score (nSPS) is 23.1. The summed E-state index contributed by atoms with van der Waals surface area (Å²) >= 11 is 0. The number of aliphatic hydroxyl groups is 1. The van der Waals surface area contributed by atoms with Crippen molar-refractivity contribution >= 4 is 17.9 Å². The molecular weight excluding hydrogens is 398 g/mol. The number of fused-ring (bicyclic) bond motifs is 3. The molecule has 31 heavy (non-hydrogen) atoms. The zero-order valence-corrected chi connectivity index (χ0v) is 18.4. The molecule has 0 spiro atoms. The zero-order valence-electron chi connectivity index (χ0n) is 18.4. The Kier molecular flexibility index (Phi) is 5.72. The molecule has 0 bridgehead atoms. The minimum absolute atomic E-state index is 0.0246. The van der Waals surface area contributed by atoms with Crippen molar-refractivity contribution < 1.29 is 19.4 Å². The van der Waals surface area contributed by atoms with Crippen LogP contribution >= 0.6 is 0 Å². The number of urea groups is 1. The number of benzene rings is 1. The number of nitrogens with zero attached hydrogens (tertiary/aromatic N) is 5. The molecule has 3 amide bonds. The lowest BCUT2D eigenvalue weighted by Crippen LogP contribution is -2.64. The predicted octanol–water partition coefficient (Wildman–Crippen LogP) is 1.33. The lowest BCUT2D eigenvalue weighted by Gasteiger charge is -2.40. The summed E-state index contributed by atoms with van der Waals surface area (Å²) in [6.45, 7) is 7.41. The van der Waals surface area contributed by atoms with Gasteiger partial charge >= 0.3 is 6.03 Å². The summed E-state index contributed by atoms with van der Waals surface area (Å²) in [7, 11) is 1.70. The average molecular weight is 428 g/mol. The fraction of sp³-hybridized carbons (Fsp3) is 0.500. The maximum atomic E-state index is 13.5. The molecule has 1 N–H and O–H groups in total. The number of hydrogen-bond donors (Lipinski definition) is 1. The van der Waals surface area contributed by atoms with Crippen molar-refractivity contribution in [3.05, 3.63) is 46.8 Å². The Bertz CT molecular complexity index is 959. The number of ether oxygens (including phenoxy) is 1. The van der Waals surface area contributed by atoms with Gasteiger partial charge in [-0.25, -0.2) is 9.79 Å². The Morgan fingerprint density at radius 1 is 1.10 bits per heavy atom. The summed E-state index contributed by atoms with van der Waals surface area (Å²) in [5, 5.41) is 8.91. The minimum Gasteiger partial charge on any atom is -0.394 e. The molecule has 1 fully saturated rings. The smallest absolute Gasteiger partial charge is 0.328 e. The molecule has 3 aliphatic rings. The van der Waals surface area contributed by atoms with Gasteiger partial charge in [0.05, 0.1) is 26.4 Å². The monoisotopic (exact) mass is 427 g/mol. The molecule has 4 rings (SSSR count). The van der Waals surface area contributed by atoms with E-state index >= 15 is 0 Å². The third kappa shape index (κ3) is 3.57. The van der Waals surface area contributed by atoms with Gasteiger partial charge in [0.1, 0.15) is 0 Å². The van der Waals surface area contributed by atoms with Crippen LogP contribution in [0.3, 0.4) is 0 Å². The van der Waals surface area contributed by atoms with Crippen LogP contribution in [0.4, 0.5) is 4.79 Å². The standard InChI is InChI=1S/C22H29N5O4/c1-14-6-5-7-17(12-14)13-26-20(29)18-19(24(4)22(26)30)23-21-25(8-10-31-11-9-28)15(2)16(3)27(18)21/h5-7,12,18-19,28H,8-11,13H2,1-4H3. The Balaban J connectivity index is 1.59. The summed E-state index contributed by atoms with van der Waals surface area (Å²) in [6, 6.07) is 6.91. The maximum absolute atomic E-state index is 13.5. The van der Waals surface area contributed by atoms with E-state index in [-0.39, 0.29) is 31.7 Å². The van der Waals surface area contributed by atoms with Crippen molar-refractivity contribution in [3.8, 4) is 0 Å². The zero-order chi connectivity index (χ0) is 22.3. The Labute approximate surface area is 182 Å². The summed E-state index contributed by atoms with van der Waals surface area (Å²) in [5.74, 6) is 0.432. The molecule has 0 radical (unpaired) electrons. The number of amides is 3. The number of likely N-dealkylation sites (N-methyl/N-ethyl adjacent to an activating group) is 1. The van der Waals surface area contributed by atoms with Crippen LogP contribution in [0.25, 0.3) is 0 Å². The number of guanidine groups is 1. The fourth-order valence-corrected chi connectivity index (χ4v) is 4.41. The molecule has 0 aliphatic carbocycles. The average Bonchev–Trinajstić information content (AvgIpc) is 3.24. The van der Waals surface area contributed by atoms with Gasteiger partial charge in [-0.1, -0.05) is 29.8 Å². The molecule has 0 saturated carbocycles. The molecule has 3 heterocycles. The van der Waals surface area contributed by atoms with Crippen LogP contribution in [0, 0.1) is 6.92 Å². The molecule has 1 saturated heterocycles. The molecule has 3 aliphatic heterocycles.